The zero-order chi connectivity index (χ0) is 10.1. The van der Waals surface area contributed by atoms with E-state index in [1.807, 2.05) is 0 Å². The molecule has 0 spiro atoms. The van der Waals surface area contributed by atoms with Crippen LogP contribution in [0.25, 0.3) is 0 Å². The van der Waals surface area contributed by atoms with Gasteiger partial charge in [0.1, 0.15) is 0 Å². The molecule has 0 heterocycles. The Bertz CT molecular complexity index is 365. The molecule has 0 aliphatic carbocycles. The van der Waals surface area contributed by atoms with E-state index in [1.165, 1.54) is 6.07 Å². The number of thiol groups is 1. The molecule has 0 unspecified atom stereocenters. The van der Waals surface area contributed by atoms with Crippen LogP contribution in [0.3, 0.4) is 0 Å². The molecule has 0 N–H and O–H groups in total. The molecule has 0 bridgehead atoms. The molecule has 0 radical (unpaired) electrons. The molecule has 0 saturated carbocycles. The van der Waals surface area contributed by atoms with Gasteiger partial charge in [-0.3, -0.25) is 0 Å². The summed E-state index contributed by atoms with van der Waals surface area (Å²) in [7, 11) is 0. The van der Waals surface area contributed by atoms with Crippen molar-refractivity contribution in [3.63, 3.8) is 0 Å². The Kier molecular flexibility index (Phi) is 2.52. The highest BCUT2D eigenvalue weighted by molar-refractivity contribution is 7.80. The van der Waals surface area contributed by atoms with Gasteiger partial charge in [-0.15, -0.1) is 12.6 Å². The van der Waals surface area contributed by atoms with E-state index in [0.717, 1.165) is 12.1 Å². The number of hydrogen-bond acceptors (Lipinski definition) is 2. The zero-order valence-corrected chi connectivity index (χ0v) is 7.15. The Balaban J connectivity index is 3.26. The zero-order valence-electron chi connectivity index (χ0n) is 6.26. The van der Waals surface area contributed by atoms with Crippen LogP contribution >= 0.6 is 12.6 Å². The molecule has 1 nitrogen and oxygen atoms in total. The second-order valence-electron chi connectivity index (χ2n) is 2.38. The predicted octanol–water partition coefficient (Wildman–Crippen LogP) is 2.87. The van der Waals surface area contributed by atoms with Gasteiger partial charge in [0.15, 0.2) is 0 Å². The van der Waals surface area contributed by atoms with Crippen molar-refractivity contribution in [3.8, 4) is 6.07 Å². The van der Waals surface area contributed by atoms with E-state index in [1.54, 1.807) is 6.07 Å². The molecule has 0 aromatic heterocycles. The summed E-state index contributed by atoms with van der Waals surface area (Å²) in [6.45, 7) is 0. The van der Waals surface area contributed by atoms with Crippen LogP contribution in [0.15, 0.2) is 23.1 Å². The predicted molar refractivity (Wildman–Crippen MR) is 43.4 cm³/mol. The lowest BCUT2D eigenvalue weighted by atomic mass is 10.1. The van der Waals surface area contributed by atoms with Gasteiger partial charge in [0, 0.05) is 4.90 Å². The molecule has 0 fully saturated rings. The van der Waals surface area contributed by atoms with Crippen LogP contribution in [-0.4, -0.2) is 0 Å². The van der Waals surface area contributed by atoms with Crippen molar-refractivity contribution in [3.05, 3.63) is 29.3 Å². The summed E-state index contributed by atoms with van der Waals surface area (Å²) in [6.07, 6.45) is -4.43. The van der Waals surface area contributed by atoms with Gasteiger partial charge in [0.2, 0.25) is 0 Å². The fourth-order valence-electron chi connectivity index (χ4n) is 0.839. The lowest BCUT2D eigenvalue weighted by molar-refractivity contribution is -0.137. The van der Waals surface area contributed by atoms with Crippen LogP contribution in [0.2, 0.25) is 0 Å². The van der Waals surface area contributed by atoms with Crippen molar-refractivity contribution in [2.45, 2.75) is 11.1 Å². The standard InChI is InChI=1S/C8H4F3NS/c9-8(10,11)6-1-5(4-12)2-7(13)3-6/h1-3,13H. The average molecular weight is 203 g/mol. The van der Waals surface area contributed by atoms with Gasteiger partial charge in [-0.05, 0) is 18.2 Å². The maximum atomic E-state index is 12.1. The van der Waals surface area contributed by atoms with Crippen LogP contribution in [-0.2, 0) is 6.18 Å². The van der Waals surface area contributed by atoms with Gasteiger partial charge in [0.25, 0.3) is 0 Å². The molecule has 0 aliphatic rings. The molecule has 1 rings (SSSR count). The average Bonchev–Trinajstić information content (AvgIpc) is 2.01. The number of benzene rings is 1. The Morgan fingerprint density at radius 2 is 1.85 bits per heavy atom. The van der Waals surface area contributed by atoms with Gasteiger partial charge in [-0.25, -0.2) is 0 Å². The van der Waals surface area contributed by atoms with E-state index < -0.39 is 11.7 Å². The summed E-state index contributed by atoms with van der Waals surface area (Å²) < 4.78 is 36.4. The molecule has 5 heteroatoms. The lowest BCUT2D eigenvalue weighted by Crippen LogP contribution is -2.05. The third-order valence-corrected chi connectivity index (χ3v) is 1.63. The third-order valence-electron chi connectivity index (χ3n) is 1.37. The van der Waals surface area contributed by atoms with Crippen LogP contribution in [0, 0.1) is 11.3 Å². The van der Waals surface area contributed by atoms with Gasteiger partial charge in [-0.1, -0.05) is 0 Å². The second-order valence-corrected chi connectivity index (χ2v) is 2.89. The molecule has 1 aromatic rings. The highest BCUT2D eigenvalue weighted by atomic mass is 32.1. The Hall–Kier alpha value is -1.15. The van der Waals surface area contributed by atoms with Crippen molar-refractivity contribution in [1.29, 1.82) is 5.26 Å². The quantitative estimate of drug-likeness (QED) is 0.644. The minimum absolute atomic E-state index is 0.0418. The van der Waals surface area contributed by atoms with Crippen LogP contribution in [0.1, 0.15) is 11.1 Å². The molecule has 0 amide bonds. The first kappa shape index (κ1) is 9.93. The fourth-order valence-corrected chi connectivity index (χ4v) is 1.12. The van der Waals surface area contributed by atoms with Crippen molar-refractivity contribution >= 4 is 12.6 Å². The summed E-state index contributed by atoms with van der Waals surface area (Å²) in [4.78, 5) is 0.131. The number of hydrogen-bond donors (Lipinski definition) is 1. The van der Waals surface area contributed by atoms with Crippen molar-refractivity contribution in [2.75, 3.05) is 0 Å². The molecule has 0 saturated heterocycles. The normalized spacial score (nSPS) is 11.0. The first-order chi connectivity index (χ1) is 5.93. The fraction of sp³-hybridized carbons (Fsp3) is 0.125. The van der Waals surface area contributed by atoms with E-state index in [-0.39, 0.29) is 10.5 Å². The molecule has 13 heavy (non-hydrogen) atoms. The largest absolute Gasteiger partial charge is 0.416 e. The van der Waals surface area contributed by atoms with E-state index >= 15 is 0 Å². The summed E-state index contributed by atoms with van der Waals surface area (Å²) >= 11 is 3.76. The highest BCUT2D eigenvalue weighted by Crippen LogP contribution is 2.31. The lowest BCUT2D eigenvalue weighted by Gasteiger charge is -2.06. The molecule has 0 atom stereocenters. The molecular weight excluding hydrogens is 199 g/mol. The van der Waals surface area contributed by atoms with Crippen molar-refractivity contribution in [1.82, 2.24) is 0 Å². The van der Waals surface area contributed by atoms with E-state index in [0.29, 0.717) is 0 Å². The van der Waals surface area contributed by atoms with E-state index in [4.69, 9.17) is 5.26 Å². The molecule has 68 valence electrons. The minimum atomic E-state index is -4.43. The van der Waals surface area contributed by atoms with Crippen molar-refractivity contribution < 1.29 is 13.2 Å². The Labute approximate surface area is 78.2 Å². The van der Waals surface area contributed by atoms with Crippen LogP contribution in [0.5, 0.6) is 0 Å². The first-order valence-corrected chi connectivity index (χ1v) is 3.69. The van der Waals surface area contributed by atoms with E-state index in [9.17, 15) is 13.2 Å². The number of alkyl halides is 3. The second kappa shape index (κ2) is 3.30. The summed E-state index contributed by atoms with van der Waals surface area (Å²) in [5.74, 6) is 0. The SMILES string of the molecule is N#Cc1cc(S)cc(C(F)(F)F)c1. The number of halogens is 3. The Morgan fingerprint density at radius 1 is 1.23 bits per heavy atom. The maximum Gasteiger partial charge on any atom is 0.416 e. The molecule has 1 aromatic carbocycles. The monoisotopic (exact) mass is 203 g/mol. The smallest absolute Gasteiger partial charge is 0.192 e. The topological polar surface area (TPSA) is 23.8 Å². The Morgan fingerprint density at radius 3 is 2.31 bits per heavy atom. The highest BCUT2D eigenvalue weighted by Gasteiger charge is 2.30. The number of rotatable bonds is 0. The minimum Gasteiger partial charge on any atom is -0.192 e. The van der Waals surface area contributed by atoms with Crippen LogP contribution in [0.4, 0.5) is 13.2 Å². The van der Waals surface area contributed by atoms with Crippen LogP contribution < -0.4 is 0 Å². The van der Waals surface area contributed by atoms with Gasteiger partial charge in [0.05, 0.1) is 17.2 Å². The summed E-state index contributed by atoms with van der Waals surface area (Å²) in [5.41, 5.74) is -0.892. The third kappa shape index (κ3) is 2.39. The van der Waals surface area contributed by atoms with Gasteiger partial charge in [-0.2, -0.15) is 18.4 Å². The van der Waals surface area contributed by atoms with E-state index in [2.05, 4.69) is 12.6 Å². The number of nitrogens with zero attached hydrogens (tertiary/aromatic N) is 1. The van der Waals surface area contributed by atoms with Gasteiger partial charge < -0.3 is 0 Å². The van der Waals surface area contributed by atoms with Gasteiger partial charge >= 0.3 is 6.18 Å². The van der Waals surface area contributed by atoms with Crippen molar-refractivity contribution in [2.24, 2.45) is 0 Å². The maximum absolute atomic E-state index is 12.1. The summed E-state index contributed by atoms with van der Waals surface area (Å²) in [6, 6.07) is 4.58. The molecular formula is C8H4F3NS. The molecule has 0 aliphatic heterocycles. The summed E-state index contributed by atoms with van der Waals surface area (Å²) in [5, 5.41) is 8.40. The first-order valence-electron chi connectivity index (χ1n) is 3.25. The number of nitriles is 1.